The summed E-state index contributed by atoms with van der Waals surface area (Å²) >= 11 is 0. The van der Waals surface area contributed by atoms with Crippen LogP contribution in [0.2, 0.25) is 0 Å². The normalized spacial score (nSPS) is 40.3. The highest BCUT2D eigenvalue weighted by molar-refractivity contribution is 6.24. The molecule has 110 heavy (non-hydrogen) atoms. The summed E-state index contributed by atoms with van der Waals surface area (Å²) < 4.78 is 60.7. The number of allylic oxidation sites excluding steroid dienone is 2. The van der Waals surface area contributed by atoms with E-state index >= 15 is 0 Å². The van der Waals surface area contributed by atoms with Gasteiger partial charge >= 0.3 is 17.7 Å². The number of esters is 2. The van der Waals surface area contributed by atoms with Crippen molar-refractivity contribution < 1.29 is 122 Å². The van der Waals surface area contributed by atoms with Crippen molar-refractivity contribution in [3.05, 3.63) is 52.8 Å². The van der Waals surface area contributed by atoms with Crippen LogP contribution in [0.1, 0.15) is 165 Å². The topological polar surface area (TPSA) is 414 Å². The molecule has 1 amide bonds. The number of aliphatic hydroxyl groups is 7. The summed E-state index contributed by atoms with van der Waals surface area (Å²) in [4.78, 5) is 72.4. The third kappa shape index (κ3) is 19.5. The first-order chi connectivity index (χ1) is 51.2. The number of benzene rings is 2. The van der Waals surface area contributed by atoms with Gasteiger partial charge in [0, 0.05) is 125 Å². The van der Waals surface area contributed by atoms with Gasteiger partial charge in [-0.2, -0.15) is 5.10 Å². The minimum absolute atomic E-state index is 0.0559. The number of rotatable bonds is 11. The number of carbonyl (C=O) groups excluding carboxylic acids is 5. The molecule has 2 aromatic rings. The maximum absolute atomic E-state index is 14.4. The summed E-state index contributed by atoms with van der Waals surface area (Å²) in [6, 6.07) is -0.324. The minimum Gasteiger partial charge on any atom is -0.507 e. The van der Waals surface area contributed by atoms with Gasteiger partial charge in [-0.15, -0.1) is 0 Å². The second kappa shape index (κ2) is 36.8. The molecule has 11 N–H and O–H groups in total. The van der Waals surface area contributed by atoms with E-state index in [2.05, 4.69) is 15.3 Å². The van der Waals surface area contributed by atoms with Crippen LogP contribution in [0.3, 0.4) is 0 Å². The summed E-state index contributed by atoms with van der Waals surface area (Å²) in [5, 5.41) is 124. The van der Waals surface area contributed by atoms with E-state index < -0.39 is 196 Å². The van der Waals surface area contributed by atoms with E-state index in [1.165, 1.54) is 87.3 Å². The monoisotopic (exact) mass is 1560 g/mol. The smallest absolute Gasteiger partial charge is 0.312 e. The van der Waals surface area contributed by atoms with Gasteiger partial charge in [0.15, 0.2) is 18.3 Å². The van der Waals surface area contributed by atoms with Crippen LogP contribution in [0.5, 0.6) is 23.0 Å². The maximum Gasteiger partial charge on any atom is 0.312 e. The van der Waals surface area contributed by atoms with Crippen LogP contribution in [0.25, 0.3) is 10.8 Å². The number of hydrogen-bond donors (Lipinski definition) is 11. The number of anilines is 1. The van der Waals surface area contributed by atoms with E-state index in [0.29, 0.717) is 19.5 Å². The number of amides is 1. The molecule has 0 radical (unpaired) electrons. The van der Waals surface area contributed by atoms with Crippen LogP contribution in [0.4, 0.5) is 5.69 Å². The third-order valence-electron chi connectivity index (χ3n) is 23.7. The first-order valence-electron chi connectivity index (χ1n) is 38.3. The number of methoxy groups -OCH3 is 2. The number of piperazine rings is 1. The molecule has 0 aromatic heterocycles. The molecule has 2 aromatic carbocycles. The van der Waals surface area contributed by atoms with E-state index in [9.17, 15) is 75.0 Å². The number of fused-ring (bicyclic) bond motifs is 14. The summed E-state index contributed by atoms with van der Waals surface area (Å²) in [6.45, 7) is 31.4. The number of aliphatic hydroxyl groups excluding tert-OH is 5. The van der Waals surface area contributed by atoms with Crippen molar-refractivity contribution in [3.8, 4) is 23.0 Å². The van der Waals surface area contributed by atoms with E-state index in [4.69, 9.17) is 47.4 Å². The Hall–Kier alpha value is -6.46. The fourth-order valence-corrected chi connectivity index (χ4v) is 16.3. The molecule has 9 rings (SSSR count). The molecule has 4 saturated heterocycles. The van der Waals surface area contributed by atoms with Crippen molar-refractivity contribution in [2.24, 2.45) is 52.4 Å². The second-order valence-electron chi connectivity index (χ2n) is 32.6. The van der Waals surface area contributed by atoms with Crippen molar-refractivity contribution in [2.45, 2.75) is 265 Å². The summed E-state index contributed by atoms with van der Waals surface area (Å²) in [6.07, 6.45) is -4.85. The van der Waals surface area contributed by atoms with E-state index in [1.807, 2.05) is 33.0 Å². The number of hydrazone groups is 1. The molecule has 5 bridgehead atoms. The second-order valence-corrected chi connectivity index (χ2v) is 32.6. The number of hydrogen-bond acceptors (Lipinski definition) is 29. The van der Waals surface area contributed by atoms with Crippen LogP contribution in [-0.4, -0.2) is 278 Å². The van der Waals surface area contributed by atoms with Gasteiger partial charge in [-0.05, 0) is 102 Å². The lowest BCUT2D eigenvalue weighted by atomic mass is 9.74. The van der Waals surface area contributed by atoms with Crippen LogP contribution in [0.15, 0.2) is 41.2 Å². The number of nitrogens with zero attached hydrogens (tertiary/aromatic N) is 4. The Kier molecular flexibility index (Phi) is 30.3. The molecule has 0 aliphatic carbocycles. The van der Waals surface area contributed by atoms with Crippen LogP contribution < -0.4 is 10.1 Å². The van der Waals surface area contributed by atoms with E-state index in [0.717, 1.165) is 13.1 Å². The molecule has 0 saturated carbocycles. The molecule has 0 spiro atoms. The van der Waals surface area contributed by atoms with E-state index in [1.54, 1.807) is 86.4 Å². The van der Waals surface area contributed by atoms with Gasteiger partial charge in [-0.1, -0.05) is 73.6 Å². The Balaban J connectivity index is 0.000000309. The highest BCUT2D eigenvalue weighted by Gasteiger charge is 2.55. The Morgan fingerprint density at radius 1 is 0.764 bits per heavy atom. The number of phenolic OH excluding ortho intramolecular Hbond substituents is 3. The lowest BCUT2D eigenvalue weighted by Crippen LogP contribution is -2.61. The van der Waals surface area contributed by atoms with Crippen molar-refractivity contribution >= 4 is 52.1 Å². The number of likely N-dealkylation sites (N-methyl/N-ethyl adjacent to an activating group) is 2. The number of Topliss-reactive ketones (excluding diaryl/α,β-unsaturated/α-hetero) is 2. The number of ether oxygens (including phenoxy) is 10. The van der Waals surface area contributed by atoms with Crippen molar-refractivity contribution in [2.75, 3.05) is 66.9 Å². The standard InChI is InChI=1S/C43H58N4O12.C37H67NO13/c1-21-12-11-13-22(2)42(55)45-33-28(20-44-47-17-15-46(9)16-18-47)37(52)30-31(38(33)53)36(51)26(6)40-32(30)41(54)43(8,59-40)57-19-14-29(56-10)23(3)39(58-27(7)48)25(5)35(50)24(4)34(21)49;1-14-25-37(10,45)30(41)20(4)27(39)18(2)16-35(8,44)32(51-34-28(40)24(38(11)12)15-19(3)47-34)21(5)29(22(6)33(43)49-25)50-26-17-36(9,46-13)31(42)23(7)48-26/h11-14,19-21,23-25,29,34-35,39,49-53H,15-18H2,1-10H3,(H,45,55);18-26,28-32,34,40-42,44-45H,14-17H2,1-13H3/b12-11+,19-14+,22-13-,44-20-;/t21-,23-,24-,25-,29+,34+,35+,39-,43+;18-,19-,20+,21+,22-,23+,24+,25-,26+,28-,29+,30-,31+,32-,34+,35-,36-,37-/m11/s1. The summed E-state index contributed by atoms with van der Waals surface area (Å²) in [5.74, 6) is -13.3. The Bertz CT molecular complexity index is 3690. The number of nitrogens with one attached hydrogen (secondary N) is 1. The van der Waals surface area contributed by atoms with Gasteiger partial charge in [0.2, 0.25) is 0 Å². The lowest BCUT2D eigenvalue weighted by molar-refractivity contribution is -0.318. The van der Waals surface area contributed by atoms with Gasteiger partial charge in [0.1, 0.15) is 53.0 Å². The van der Waals surface area contributed by atoms with Crippen LogP contribution in [-0.2, 0) is 61.8 Å². The predicted molar refractivity (Wildman–Crippen MR) is 407 cm³/mol. The SMILES string of the molecule is CC[C@H]1OC(=O)[C@H](C)[C@@H](O[C@H]2C[C@@](C)(OC)[C@@H](O)[C@H](C)O2)[C@H](C)[C@@H](O[C@@H]2O[C@H](C)C[C@H](N(C)C)[C@H]2O)[C@](C)(O)C[C@@H](C)C(=O)[C@H](C)[C@@H](O)[C@]1(C)O.CO[C@H]1/C=C/O[C@@]2(C)Oc3c(C)c(O)c4c(O)c(c(/C=N\N5CCN(C)CC5)c(O)c4c3C2=O)NC(=O)/C(C)=C\C=C\[C@@H](C)[C@H](O)[C@@H](C)[C@H](O)[C@@H](C)[C@H](OC(C)=O)[C@@H]1C. The fourth-order valence-electron chi connectivity index (χ4n) is 16.3. The Morgan fingerprint density at radius 2 is 1.40 bits per heavy atom. The molecule has 0 unspecified atom stereocenters. The summed E-state index contributed by atoms with van der Waals surface area (Å²) in [7, 11) is 8.60. The van der Waals surface area contributed by atoms with Crippen molar-refractivity contribution in [3.63, 3.8) is 0 Å². The molecule has 7 aliphatic rings. The van der Waals surface area contributed by atoms with Crippen molar-refractivity contribution in [1.29, 1.82) is 0 Å². The molecule has 30 heteroatoms. The maximum atomic E-state index is 14.4. The van der Waals surface area contributed by atoms with E-state index in [-0.39, 0.29) is 75.9 Å². The van der Waals surface area contributed by atoms with Gasteiger partial charge in [0.05, 0.1) is 101 Å². The molecule has 7 heterocycles. The molecule has 30 nitrogen and oxygen atoms in total. The number of cyclic esters (lactones) is 1. The summed E-state index contributed by atoms with van der Waals surface area (Å²) in [5.41, 5.74) is -5.19. The minimum atomic E-state index is -2.04. The average molecular weight is 1560 g/mol. The first-order valence-corrected chi connectivity index (χ1v) is 38.3. The number of ketones is 2. The van der Waals surface area contributed by atoms with Crippen LogP contribution in [0, 0.1) is 54.3 Å². The molecule has 620 valence electrons. The Labute approximate surface area is 646 Å². The molecular formula is C80H125N5O25. The van der Waals surface area contributed by atoms with Gasteiger partial charge < -0.3 is 114 Å². The zero-order valence-electron chi connectivity index (χ0n) is 68.3. The first kappa shape index (κ1) is 90.7. The molecule has 4 fully saturated rings. The lowest BCUT2D eigenvalue weighted by Gasteiger charge is -2.49. The highest BCUT2D eigenvalue weighted by Crippen LogP contribution is 2.55. The number of carbonyl (C=O) groups is 5. The number of aromatic hydroxyl groups is 3. The van der Waals surface area contributed by atoms with Crippen molar-refractivity contribution in [1.82, 2.24) is 14.8 Å². The van der Waals surface area contributed by atoms with Gasteiger partial charge in [-0.25, -0.2) is 0 Å². The Morgan fingerprint density at radius 3 is 1.99 bits per heavy atom. The average Bonchev–Trinajstić information content (AvgIpc) is 1.49. The molecule has 7 aliphatic heterocycles. The third-order valence-corrected chi connectivity index (χ3v) is 23.7. The highest BCUT2D eigenvalue weighted by atomic mass is 16.7. The quantitative estimate of drug-likeness (QED) is 0.0522. The van der Waals surface area contributed by atoms with Gasteiger partial charge in [-0.3, -0.25) is 29.0 Å². The number of phenols is 3. The molecule has 27 atom stereocenters. The fraction of sp³-hybridized carbons (Fsp3) is 0.725. The molecular weight excluding hydrogens is 1430 g/mol. The zero-order chi connectivity index (χ0) is 82.6. The zero-order valence-corrected chi connectivity index (χ0v) is 68.3. The largest absolute Gasteiger partial charge is 0.507 e. The van der Waals surface area contributed by atoms with Crippen LogP contribution >= 0.6 is 0 Å². The predicted octanol–water partition coefficient (Wildman–Crippen LogP) is 6.12. The van der Waals surface area contributed by atoms with Gasteiger partial charge in [0.25, 0.3) is 11.7 Å².